The molecule has 0 radical (unpaired) electrons. The van der Waals surface area contributed by atoms with Gasteiger partial charge in [0.25, 0.3) is 5.91 Å². The van der Waals surface area contributed by atoms with E-state index in [1.54, 1.807) is 38.1 Å². The molecule has 1 aliphatic heterocycles. The second kappa shape index (κ2) is 9.87. The van der Waals surface area contributed by atoms with Crippen molar-refractivity contribution in [3.63, 3.8) is 0 Å². The summed E-state index contributed by atoms with van der Waals surface area (Å²) in [6.07, 6.45) is -2.90. The molecule has 4 heterocycles. The van der Waals surface area contributed by atoms with Crippen LogP contribution in [-0.2, 0) is 0 Å². The number of aldehydes is 1. The van der Waals surface area contributed by atoms with Crippen LogP contribution < -0.4 is 10.1 Å². The van der Waals surface area contributed by atoms with Crippen molar-refractivity contribution in [1.82, 2.24) is 19.8 Å². The van der Waals surface area contributed by atoms with Gasteiger partial charge in [-0.3, -0.25) is 9.59 Å². The molecule has 0 aliphatic carbocycles. The molecule has 2 unspecified atom stereocenters. The molecule has 1 aromatic carbocycles. The van der Waals surface area contributed by atoms with Gasteiger partial charge in [0.1, 0.15) is 28.7 Å². The van der Waals surface area contributed by atoms with Gasteiger partial charge in [0.15, 0.2) is 18.1 Å². The highest BCUT2D eigenvalue weighted by Gasteiger charge is 2.57. The number of β-amino-alcohol motifs (C(OH)–C–C–N with tert-alkyl or cyclic N) is 1. The maximum atomic E-state index is 13.2. The van der Waals surface area contributed by atoms with Crippen molar-refractivity contribution in [2.45, 2.75) is 32.2 Å². The number of hydrogen-bond donors (Lipinski definition) is 2. The molecule has 4 aromatic rings. The van der Waals surface area contributed by atoms with Crippen molar-refractivity contribution in [2.24, 2.45) is 0 Å². The van der Waals surface area contributed by atoms with Crippen molar-refractivity contribution in [2.75, 3.05) is 20.6 Å². The smallest absolute Gasteiger partial charge is 0.411 e. The summed E-state index contributed by atoms with van der Waals surface area (Å²) in [5.74, 6) is 0.340. The van der Waals surface area contributed by atoms with Crippen LogP contribution in [0.2, 0.25) is 0 Å². The summed E-state index contributed by atoms with van der Waals surface area (Å²) in [7, 11) is 3.75. The van der Waals surface area contributed by atoms with Gasteiger partial charge in [-0.25, -0.2) is 4.52 Å². The number of nitrogens with one attached hydrogen (secondary N) is 1. The lowest BCUT2D eigenvalue weighted by Gasteiger charge is -2.45. The van der Waals surface area contributed by atoms with Gasteiger partial charge in [0, 0.05) is 23.7 Å². The minimum Gasteiger partial charge on any atom is -0.460 e. The number of aliphatic hydroxyl groups is 1. The lowest BCUT2D eigenvalue weighted by molar-refractivity contribution is -0.234. The Bertz CT molecular complexity index is 1480. The molecule has 1 amide bonds. The molecule has 12 heteroatoms. The predicted molar refractivity (Wildman–Crippen MR) is 128 cm³/mol. The molecule has 2 N–H and O–H groups in total. The molecule has 0 bridgehead atoms. The van der Waals surface area contributed by atoms with Crippen LogP contribution in [-0.4, -0.2) is 70.8 Å². The van der Waals surface area contributed by atoms with Crippen LogP contribution in [0.5, 0.6) is 11.5 Å². The molecule has 1 fully saturated rings. The van der Waals surface area contributed by atoms with Gasteiger partial charge >= 0.3 is 6.18 Å². The number of amides is 1. The largest absolute Gasteiger partial charge is 0.460 e. The molecule has 3 aromatic heterocycles. The van der Waals surface area contributed by atoms with E-state index in [2.05, 4.69) is 10.4 Å². The maximum absolute atomic E-state index is 13.2. The van der Waals surface area contributed by atoms with E-state index in [4.69, 9.17) is 9.15 Å². The Morgan fingerprint density at radius 1 is 1.27 bits per heavy atom. The van der Waals surface area contributed by atoms with Crippen LogP contribution in [0.4, 0.5) is 13.2 Å². The molecule has 37 heavy (non-hydrogen) atoms. The lowest BCUT2D eigenvalue weighted by atomic mass is 9.97. The first-order chi connectivity index (χ1) is 17.5. The number of aliphatic hydroxyl groups excluding tert-OH is 1. The Morgan fingerprint density at radius 2 is 1.97 bits per heavy atom. The van der Waals surface area contributed by atoms with Crippen LogP contribution in [0.15, 0.2) is 41.1 Å². The van der Waals surface area contributed by atoms with Gasteiger partial charge < -0.3 is 24.5 Å². The lowest BCUT2D eigenvalue weighted by Crippen LogP contribution is -2.68. The number of rotatable bonds is 4. The summed E-state index contributed by atoms with van der Waals surface area (Å²) in [5, 5.41) is 17.1. The minimum absolute atomic E-state index is 0.0254. The van der Waals surface area contributed by atoms with Gasteiger partial charge in [-0.15, -0.1) is 0 Å². The molecular weight excluding hydrogens is 493 g/mol. The SMILES string of the molecule is CNC.Cc1oc2cc(Oc3ccnn4cc(C(=O)N5CC(O)C5C(F)(F)F)c(C)c34)ccc2c1C=O. The zero-order valence-electron chi connectivity index (χ0n) is 20.5. The number of hydrogen-bond acceptors (Lipinski definition) is 7. The second-order valence-corrected chi connectivity index (χ2v) is 8.62. The fraction of sp³-hybridized carbons (Fsp3) is 0.320. The standard InChI is InChI=1S/C23H18F3N3O5.C2H7N/c1-11-15(22(32)28-9-17(31)21(28)23(24,25)26)8-29-20(11)18(5-6-27-29)34-13-3-4-14-16(10-30)12(2)33-19(14)7-13;1-3-2/h3-8,10,17,21,31H,9H2,1-2H3;3H,1-2H3. The van der Waals surface area contributed by atoms with Crippen molar-refractivity contribution in [1.29, 1.82) is 0 Å². The molecule has 5 rings (SSSR count). The number of likely N-dealkylation sites (tertiary alicyclic amines) is 1. The number of carbonyl (C=O) groups is 2. The van der Waals surface area contributed by atoms with Crippen molar-refractivity contribution >= 4 is 28.7 Å². The van der Waals surface area contributed by atoms with E-state index >= 15 is 0 Å². The molecule has 0 spiro atoms. The number of alkyl halides is 3. The average Bonchev–Trinajstić information content (AvgIpc) is 3.32. The number of benzene rings is 1. The van der Waals surface area contributed by atoms with Gasteiger partial charge in [-0.05, 0) is 45.6 Å². The third kappa shape index (κ3) is 4.65. The molecule has 196 valence electrons. The highest BCUT2D eigenvalue weighted by Crippen LogP contribution is 2.37. The number of halogens is 3. The quantitative estimate of drug-likeness (QED) is 0.395. The molecule has 1 aliphatic rings. The Kier molecular flexibility index (Phi) is 6.98. The first-order valence-electron chi connectivity index (χ1n) is 11.3. The normalized spacial score (nSPS) is 17.4. The number of aryl methyl sites for hydroxylation is 2. The Balaban J connectivity index is 0.00000102. The number of nitrogens with zero attached hydrogens (tertiary/aromatic N) is 3. The van der Waals surface area contributed by atoms with Gasteiger partial charge in [-0.1, -0.05) is 0 Å². The maximum Gasteiger partial charge on any atom is 0.411 e. The zero-order valence-corrected chi connectivity index (χ0v) is 20.5. The summed E-state index contributed by atoms with van der Waals surface area (Å²) >= 11 is 0. The van der Waals surface area contributed by atoms with Crippen LogP contribution in [0.1, 0.15) is 32.0 Å². The zero-order chi connectivity index (χ0) is 27.1. The molecule has 2 atom stereocenters. The van der Waals surface area contributed by atoms with Crippen molar-refractivity contribution in [3.05, 3.63) is 59.1 Å². The Labute approximate surface area is 209 Å². The number of furan rings is 1. The highest BCUT2D eigenvalue weighted by molar-refractivity contribution is 5.99. The van der Waals surface area contributed by atoms with E-state index in [9.17, 15) is 27.9 Å². The molecular formula is C25H25F3N4O5. The number of ether oxygens (including phenoxy) is 1. The van der Waals surface area contributed by atoms with Crippen LogP contribution in [0, 0.1) is 13.8 Å². The first-order valence-corrected chi connectivity index (χ1v) is 11.3. The number of aromatic nitrogens is 2. The van der Waals surface area contributed by atoms with E-state index < -0.39 is 30.8 Å². The predicted octanol–water partition coefficient (Wildman–Crippen LogP) is 3.89. The van der Waals surface area contributed by atoms with Gasteiger partial charge in [0.2, 0.25) is 0 Å². The van der Waals surface area contributed by atoms with Gasteiger partial charge in [0.05, 0.1) is 23.9 Å². The molecule has 9 nitrogen and oxygen atoms in total. The average molecular weight is 518 g/mol. The fourth-order valence-corrected chi connectivity index (χ4v) is 4.32. The van der Waals surface area contributed by atoms with Crippen LogP contribution in [0.3, 0.4) is 0 Å². The number of fused-ring (bicyclic) bond motifs is 2. The summed E-state index contributed by atoms with van der Waals surface area (Å²) in [4.78, 5) is 24.8. The Morgan fingerprint density at radius 3 is 2.59 bits per heavy atom. The fourth-order valence-electron chi connectivity index (χ4n) is 4.32. The summed E-state index contributed by atoms with van der Waals surface area (Å²) in [6, 6.07) is 4.28. The van der Waals surface area contributed by atoms with E-state index in [0.717, 1.165) is 6.29 Å². The van der Waals surface area contributed by atoms with Crippen LogP contribution >= 0.6 is 0 Å². The van der Waals surface area contributed by atoms with E-state index in [0.29, 0.717) is 49.8 Å². The summed E-state index contributed by atoms with van der Waals surface area (Å²) < 4.78 is 52.7. The number of carbonyl (C=O) groups excluding carboxylic acids is 2. The third-order valence-corrected chi connectivity index (χ3v) is 6.03. The van der Waals surface area contributed by atoms with Crippen molar-refractivity contribution < 1.29 is 37.0 Å². The van der Waals surface area contributed by atoms with Crippen molar-refractivity contribution in [3.8, 4) is 11.5 Å². The van der Waals surface area contributed by atoms with E-state index in [-0.39, 0.29) is 5.56 Å². The molecule has 1 saturated heterocycles. The second-order valence-electron chi connectivity index (χ2n) is 8.62. The van der Waals surface area contributed by atoms with E-state index in [1.165, 1.54) is 16.9 Å². The highest BCUT2D eigenvalue weighted by atomic mass is 19.4. The first kappa shape index (κ1) is 26.2. The molecule has 0 saturated carbocycles. The van der Waals surface area contributed by atoms with Gasteiger partial charge in [-0.2, -0.15) is 18.3 Å². The topological polar surface area (TPSA) is 109 Å². The summed E-state index contributed by atoms with van der Waals surface area (Å²) in [6.45, 7) is 2.86. The minimum atomic E-state index is -4.74. The van der Waals surface area contributed by atoms with E-state index in [1.807, 2.05) is 14.1 Å². The monoisotopic (exact) mass is 518 g/mol. The third-order valence-electron chi connectivity index (χ3n) is 6.03. The summed E-state index contributed by atoms with van der Waals surface area (Å²) in [5.41, 5.74) is 1.72. The Hall–Kier alpha value is -3.90. The van der Waals surface area contributed by atoms with Crippen LogP contribution in [0.25, 0.3) is 16.5 Å².